The molecule has 0 aliphatic heterocycles. The quantitative estimate of drug-likeness (QED) is 0.415. The standard InChI is InChI=1S/C19H31O2/c1-2-3-4-5-6-7-8-9-10-11-16-21-19-14-12-18(17-20)13-15-19/h12-15H,2-11,16-17H2,1H3. The van der Waals surface area contributed by atoms with E-state index < -0.39 is 0 Å². The van der Waals surface area contributed by atoms with Crippen molar-refractivity contribution < 1.29 is 9.84 Å². The van der Waals surface area contributed by atoms with Crippen molar-refractivity contribution in [2.45, 2.75) is 77.7 Å². The Morgan fingerprint density at radius 2 is 1.29 bits per heavy atom. The zero-order chi connectivity index (χ0) is 15.2. The first-order chi connectivity index (χ1) is 10.4. The van der Waals surface area contributed by atoms with E-state index in [4.69, 9.17) is 4.74 Å². The average molecular weight is 291 g/mol. The lowest BCUT2D eigenvalue weighted by Crippen LogP contribution is -1.97. The maximum absolute atomic E-state index is 10.7. The molecule has 2 heteroatoms. The number of unbranched alkanes of at least 4 members (excludes halogenated alkanes) is 9. The van der Waals surface area contributed by atoms with Gasteiger partial charge in [-0.3, -0.25) is 0 Å². The Bertz CT molecular complexity index is 332. The van der Waals surface area contributed by atoms with Crippen LogP contribution in [-0.4, -0.2) is 6.61 Å². The van der Waals surface area contributed by atoms with Crippen LogP contribution >= 0.6 is 0 Å². The molecule has 0 amide bonds. The van der Waals surface area contributed by atoms with Gasteiger partial charge in [0, 0.05) is 0 Å². The van der Waals surface area contributed by atoms with Crippen molar-refractivity contribution in [3.63, 3.8) is 0 Å². The molecule has 0 spiro atoms. The van der Waals surface area contributed by atoms with Crippen molar-refractivity contribution in [1.29, 1.82) is 0 Å². The van der Waals surface area contributed by atoms with Gasteiger partial charge in [0.2, 0.25) is 0 Å². The molecule has 0 unspecified atom stereocenters. The zero-order valence-corrected chi connectivity index (χ0v) is 13.6. The van der Waals surface area contributed by atoms with E-state index in [-0.39, 0.29) is 6.61 Å². The van der Waals surface area contributed by atoms with Gasteiger partial charge in [-0.25, -0.2) is 5.11 Å². The number of ether oxygens (including phenoxy) is 1. The molecule has 0 saturated heterocycles. The fraction of sp³-hybridized carbons (Fsp3) is 0.684. The SMILES string of the molecule is CCCCCCCCCCCCOc1ccc(C[O])cc1. The maximum Gasteiger partial charge on any atom is 0.119 e. The highest BCUT2D eigenvalue weighted by Crippen LogP contribution is 2.14. The minimum atomic E-state index is -0.154. The summed E-state index contributed by atoms with van der Waals surface area (Å²) in [6, 6.07) is 7.48. The van der Waals surface area contributed by atoms with Gasteiger partial charge in [0.25, 0.3) is 0 Å². The molecule has 0 bridgehead atoms. The Balaban J connectivity index is 1.88. The van der Waals surface area contributed by atoms with E-state index in [1.807, 2.05) is 24.3 Å². The summed E-state index contributed by atoms with van der Waals surface area (Å²) in [6.07, 6.45) is 13.4. The van der Waals surface area contributed by atoms with Crippen LogP contribution in [0.4, 0.5) is 0 Å². The molecule has 1 aromatic carbocycles. The summed E-state index contributed by atoms with van der Waals surface area (Å²) in [4.78, 5) is 0. The lowest BCUT2D eigenvalue weighted by molar-refractivity contribution is 0.177. The summed E-state index contributed by atoms with van der Waals surface area (Å²) in [6.45, 7) is 2.90. The van der Waals surface area contributed by atoms with Gasteiger partial charge < -0.3 is 4.74 Å². The third kappa shape index (κ3) is 9.52. The van der Waals surface area contributed by atoms with Gasteiger partial charge >= 0.3 is 0 Å². The zero-order valence-electron chi connectivity index (χ0n) is 13.6. The minimum absolute atomic E-state index is 0.154. The van der Waals surface area contributed by atoms with Gasteiger partial charge in [-0.1, -0.05) is 76.8 Å². The predicted molar refractivity (Wildman–Crippen MR) is 88.2 cm³/mol. The average Bonchev–Trinajstić information content (AvgIpc) is 2.53. The maximum atomic E-state index is 10.7. The normalized spacial score (nSPS) is 10.8. The molecule has 0 aliphatic carbocycles. The number of rotatable bonds is 13. The van der Waals surface area contributed by atoms with Crippen molar-refractivity contribution in [1.82, 2.24) is 0 Å². The fourth-order valence-corrected chi connectivity index (χ4v) is 2.46. The first kappa shape index (κ1) is 18.0. The van der Waals surface area contributed by atoms with Crippen molar-refractivity contribution in [2.75, 3.05) is 6.61 Å². The smallest absolute Gasteiger partial charge is 0.119 e. The topological polar surface area (TPSA) is 29.1 Å². The molecule has 1 rings (SSSR count). The molecule has 1 aromatic rings. The molecule has 0 heterocycles. The van der Waals surface area contributed by atoms with Crippen LogP contribution in [0.3, 0.4) is 0 Å². The van der Waals surface area contributed by atoms with Gasteiger partial charge in [-0.2, -0.15) is 0 Å². The fourth-order valence-electron chi connectivity index (χ4n) is 2.46. The van der Waals surface area contributed by atoms with Crippen LogP contribution in [-0.2, 0) is 11.7 Å². The third-order valence-electron chi connectivity index (χ3n) is 3.86. The molecular formula is C19H31O2. The number of hydrogen-bond acceptors (Lipinski definition) is 1. The Kier molecular flexibility index (Phi) is 10.9. The van der Waals surface area contributed by atoms with Crippen molar-refractivity contribution in [3.05, 3.63) is 29.8 Å². The van der Waals surface area contributed by atoms with Crippen LogP contribution in [0.25, 0.3) is 0 Å². The Morgan fingerprint density at radius 3 is 1.81 bits per heavy atom. The largest absolute Gasteiger partial charge is 0.494 e. The van der Waals surface area contributed by atoms with Crippen LogP contribution in [0.1, 0.15) is 76.7 Å². The van der Waals surface area contributed by atoms with Crippen LogP contribution in [0, 0.1) is 0 Å². The Labute approximate surface area is 130 Å². The van der Waals surface area contributed by atoms with E-state index in [1.54, 1.807) is 0 Å². The van der Waals surface area contributed by atoms with E-state index in [2.05, 4.69) is 6.92 Å². The van der Waals surface area contributed by atoms with Crippen LogP contribution in [0.2, 0.25) is 0 Å². The summed E-state index contributed by atoms with van der Waals surface area (Å²) >= 11 is 0. The Morgan fingerprint density at radius 1 is 0.762 bits per heavy atom. The van der Waals surface area contributed by atoms with Gasteiger partial charge in [-0.05, 0) is 24.1 Å². The van der Waals surface area contributed by atoms with Crippen molar-refractivity contribution in [3.8, 4) is 5.75 Å². The highest BCUT2D eigenvalue weighted by Gasteiger charge is 1.96. The predicted octanol–water partition coefficient (Wildman–Crippen LogP) is 5.92. The second-order valence-electron chi connectivity index (χ2n) is 5.82. The van der Waals surface area contributed by atoms with E-state index in [1.165, 1.54) is 57.8 Å². The minimum Gasteiger partial charge on any atom is -0.494 e. The van der Waals surface area contributed by atoms with E-state index in [0.717, 1.165) is 24.3 Å². The summed E-state index contributed by atoms with van der Waals surface area (Å²) < 4.78 is 5.68. The molecule has 2 nitrogen and oxygen atoms in total. The second kappa shape index (κ2) is 12.7. The highest BCUT2D eigenvalue weighted by atomic mass is 16.5. The highest BCUT2D eigenvalue weighted by molar-refractivity contribution is 5.26. The first-order valence-corrected chi connectivity index (χ1v) is 8.66. The van der Waals surface area contributed by atoms with Crippen molar-refractivity contribution >= 4 is 0 Å². The monoisotopic (exact) mass is 291 g/mol. The van der Waals surface area contributed by atoms with Gasteiger partial charge in [0.15, 0.2) is 0 Å². The van der Waals surface area contributed by atoms with Crippen LogP contribution in [0.5, 0.6) is 5.75 Å². The lowest BCUT2D eigenvalue weighted by atomic mass is 10.1. The van der Waals surface area contributed by atoms with E-state index in [0.29, 0.717) is 0 Å². The summed E-state index contributed by atoms with van der Waals surface area (Å²) in [5.74, 6) is 0.878. The summed E-state index contributed by atoms with van der Waals surface area (Å²) in [5.41, 5.74) is 0.821. The molecule has 1 radical (unpaired) electrons. The molecule has 0 saturated carbocycles. The summed E-state index contributed by atoms with van der Waals surface area (Å²) in [5, 5.41) is 10.7. The molecule has 119 valence electrons. The lowest BCUT2D eigenvalue weighted by Gasteiger charge is -2.06. The molecule has 21 heavy (non-hydrogen) atoms. The molecule has 0 fully saturated rings. The molecule has 0 aliphatic rings. The first-order valence-electron chi connectivity index (χ1n) is 8.66. The van der Waals surface area contributed by atoms with Gasteiger partial charge in [0.1, 0.15) is 12.4 Å². The number of hydrogen-bond donors (Lipinski definition) is 0. The van der Waals surface area contributed by atoms with E-state index in [9.17, 15) is 5.11 Å². The van der Waals surface area contributed by atoms with Gasteiger partial charge in [-0.15, -0.1) is 0 Å². The molecule has 0 atom stereocenters. The molecular weight excluding hydrogens is 260 g/mol. The van der Waals surface area contributed by atoms with Crippen LogP contribution < -0.4 is 4.74 Å². The van der Waals surface area contributed by atoms with E-state index >= 15 is 0 Å². The van der Waals surface area contributed by atoms with Crippen molar-refractivity contribution in [2.24, 2.45) is 0 Å². The van der Waals surface area contributed by atoms with Gasteiger partial charge in [0.05, 0.1) is 6.61 Å². The Hall–Kier alpha value is -1.02. The summed E-state index contributed by atoms with van der Waals surface area (Å²) in [7, 11) is 0. The third-order valence-corrected chi connectivity index (χ3v) is 3.86. The molecule has 0 N–H and O–H groups in total. The van der Waals surface area contributed by atoms with Crippen LogP contribution in [0.15, 0.2) is 24.3 Å². The molecule has 0 aromatic heterocycles. The second-order valence-corrected chi connectivity index (χ2v) is 5.82. The number of benzene rings is 1.